The Balaban J connectivity index is 2.03. The molecule has 0 unspecified atom stereocenters. The van der Waals surface area contributed by atoms with Gasteiger partial charge in [-0.3, -0.25) is 13.9 Å². The van der Waals surface area contributed by atoms with Crippen molar-refractivity contribution >= 4 is 27.5 Å². The van der Waals surface area contributed by atoms with Gasteiger partial charge in [0.25, 0.3) is 0 Å². The number of nitrogens with zero attached hydrogens (tertiary/aromatic N) is 2. The van der Waals surface area contributed by atoms with Gasteiger partial charge in [0.1, 0.15) is 12.6 Å². The van der Waals surface area contributed by atoms with Gasteiger partial charge in [-0.15, -0.1) is 0 Å². The Morgan fingerprint density at radius 2 is 1.41 bits per heavy atom. The van der Waals surface area contributed by atoms with Gasteiger partial charge >= 0.3 is 0 Å². The molecular weight excluding hydrogens is 486 g/mol. The molecule has 0 aromatic heterocycles. The van der Waals surface area contributed by atoms with E-state index in [0.717, 1.165) is 32.8 Å². The van der Waals surface area contributed by atoms with Gasteiger partial charge in [0.15, 0.2) is 0 Å². The fourth-order valence-corrected chi connectivity index (χ4v) is 5.17. The highest BCUT2D eigenvalue weighted by Crippen LogP contribution is 2.23. The summed E-state index contributed by atoms with van der Waals surface area (Å²) in [7, 11) is -3.78. The van der Waals surface area contributed by atoms with Crippen LogP contribution in [0.25, 0.3) is 0 Å². The predicted octanol–water partition coefficient (Wildman–Crippen LogP) is 3.85. The van der Waals surface area contributed by atoms with Crippen molar-refractivity contribution in [3.05, 3.63) is 101 Å². The van der Waals surface area contributed by atoms with Crippen molar-refractivity contribution in [1.82, 2.24) is 10.2 Å². The summed E-state index contributed by atoms with van der Waals surface area (Å²) < 4.78 is 26.8. The summed E-state index contributed by atoms with van der Waals surface area (Å²) in [5, 5.41) is 2.85. The van der Waals surface area contributed by atoms with Crippen molar-refractivity contribution in [3.63, 3.8) is 0 Å². The maximum absolute atomic E-state index is 13.9. The second-order valence-corrected chi connectivity index (χ2v) is 11.1. The molecule has 3 rings (SSSR count). The number of hydrogen-bond acceptors (Lipinski definition) is 4. The van der Waals surface area contributed by atoms with Crippen molar-refractivity contribution in [3.8, 4) is 0 Å². The highest BCUT2D eigenvalue weighted by molar-refractivity contribution is 7.92. The first-order valence-corrected chi connectivity index (χ1v) is 14.1. The summed E-state index contributed by atoms with van der Waals surface area (Å²) in [4.78, 5) is 28.7. The number of rotatable bonds is 11. The number of aryl methyl sites for hydroxylation is 2. The Labute approximate surface area is 220 Å². The molecule has 0 aliphatic rings. The van der Waals surface area contributed by atoms with Crippen LogP contribution in [0.1, 0.15) is 29.2 Å². The van der Waals surface area contributed by atoms with Crippen LogP contribution in [0.2, 0.25) is 0 Å². The largest absolute Gasteiger partial charge is 0.355 e. The summed E-state index contributed by atoms with van der Waals surface area (Å²) in [6.07, 6.45) is 1.39. The third-order valence-corrected chi connectivity index (χ3v) is 7.13. The van der Waals surface area contributed by atoms with E-state index in [9.17, 15) is 18.0 Å². The zero-order valence-electron chi connectivity index (χ0n) is 21.8. The van der Waals surface area contributed by atoms with E-state index in [4.69, 9.17) is 0 Å². The highest BCUT2D eigenvalue weighted by atomic mass is 32.2. The van der Waals surface area contributed by atoms with Gasteiger partial charge < -0.3 is 10.2 Å². The second kappa shape index (κ2) is 12.5. The van der Waals surface area contributed by atoms with Gasteiger partial charge in [-0.2, -0.15) is 0 Å². The van der Waals surface area contributed by atoms with E-state index in [1.54, 1.807) is 12.1 Å². The molecule has 7 nitrogen and oxygen atoms in total. The summed E-state index contributed by atoms with van der Waals surface area (Å²) in [5.74, 6) is -0.742. The van der Waals surface area contributed by atoms with Crippen molar-refractivity contribution in [2.75, 3.05) is 23.7 Å². The Kier molecular flexibility index (Phi) is 9.47. The molecule has 1 N–H and O–H groups in total. The Morgan fingerprint density at radius 1 is 0.865 bits per heavy atom. The van der Waals surface area contributed by atoms with Gasteiger partial charge in [-0.25, -0.2) is 8.42 Å². The van der Waals surface area contributed by atoms with Crippen LogP contribution in [-0.4, -0.2) is 50.5 Å². The molecule has 2 amide bonds. The second-order valence-electron chi connectivity index (χ2n) is 9.22. The van der Waals surface area contributed by atoms with Gasteiger partial charge in [0.2, 0.25) is 21.8 Å². The normalized spacial score (nSPS) is 12.0. The summed E-state index contributed by atoms with van der Waals surface area (Å²) in [6, 6.07) is 23.5. The van der Waals surface area contributed by atoms with Gasteiger partial charge in [0.05, 0.1) is 11.9 Å². The van der Waals surface area contributed by atoms with E-state index in [0.29, 0.717) is 18.7 Å². The molecule has 0 heterocycles. The van der Waals surface area contributed by atoms with E-state index in [2.05, 4.69) is 5.32 Å². The molecule has 1 atom stereocenters. The lowest BCUT2D eigenvalue weighted by molar-refractivity contribution is -0.140. The lowest BCUT2D eigenvalue weighted by Gasteiger charge is -2.33. The first-order chi connectivity index (χ1) is 17.6. The van der Waals surface area contributed by atoms with Gasteiger partial charge in [0, 0.05) is 19.5 Å². The summed E-state index contributed by atoms with van der Waals surface area (Å²) in [5.41, 5.74) is 3.95. The lowest BCUT2D eigenvalue weighted by Crippen LogP contribution is -2.53. The number of benzene rings is 3. The molecule has 0 saturated heterocycles. The monoisotopic (exact) mass is 521 g/mol. The Bertz CT molecular complexity index is 1290. The van der Waals surface area contributed by atoms with Crippen molar-refractivity contribution in [1.29, 1.82) is 0 Å². The number of carbonyl (C=O) groups excluding carboxylic acids is 2. The molecule has 0 fully saturated rings. The number of carbonyl (C=O) groups is 2. The third-order valence-electron chi connectivity index (χ3n) is 5.99. The zero-order chi connectivity index (χ0) is 27.0. The van der Waals surface area contributed by atoms with Crippen LogP contribution < -0.4 is 9.62 Å². The van der Waals surface area contributed by atoms with Crippen LogP contribution in [0.3, 0.4) is 0 Å². The standard InChI is InChI=1S/C29H35N3O4S/c1-5-30-29(34)27(19-24-12-8-6-9-13-24)31(20-25-14-10-7-11-15-25)28(33)21-32(37(4,35)36)26-17-22(2)16-23(3)18-26/h6-18,27H,5,19-21H2,1-4H3,(H,30,34)/t27-/m0/s1. The van der Waals surface area contributed by atoms with E-state index in [1.807, 2.05) is 87.5 Å². The number of nitrogens with one attached hydrogen (secondary N) is 1. The van der Waals surface area contributed by atoms with E-state index < -0.39 is 28.5 Å². The molecule has 0 aliphatic carbocycles. The van der Waals surface area contributed by atoms with E-state index >= 15 is 0 Å². The van der Waals surface area contributed by atoms with Crippen molar-refractivity contribution < 1.29 is 18.0 Å². The predicted molar refractivity (Wildman–Crippen MR) is 148 cm³/mol. The minimum Gasteiger partial charge on any atom is -0.355 e. The zero-order valence-corrected chi connectivity index (χ0v) is 22.7. The first kappa shape index (κ1) is 27.9. The maximum atomic E-state index is 13.9. The minimum atomic E-state index is -3.78. The number of anilines is 1. The molecule has 0 bridgehead atoms. The smallest absolute Gasteiger partial charge is 0.244 e. The maximum Gasteiger partial charge on any atom is 0.244 e. The van der Waals surface area contributed by atoms with E-state index in [-0.39, 0.29) is 12.5 Å². The molecule has 0 spiro atoms. The van der Waals surface area contributed by atoms with Crippen molar-refractivity contribution in [2.24, 2.45) is 0 Å². The number of sulfonamides is 1. The molecule has 0 aliphatic heterocycles. The molecule has 3 aromatic rings. The minimum absolute atomic E-state index is 0.165. The highest BCUT2D eigenvalue weighted by Gasteiger charge is 2.32. The number of likely N-dealkylation sites (N-methyl/N-ethyl adjacent to an activating group) is 1. The average molecular weight is 522 g/mol. The van der Waals surface area contributed by atoms with Crippen molar-refractivity contribution in [2.45, 2.75) is 39.8 Å². The molecule has 0 saturated carbocycles. The van der Waals surface area contributed by atoms with E-state index in [1.165, 1.54) is 4.90 Å². The SMILES string of the molecule is CCNC(=O)[C@H](Cc1ccccc1)N(Cc1ccccc1)C(=O)CN(c1cc(C)cc(C)c1)S(C)(=O)=O. The lowest BCUT2D eigenvalue weighted by atomic mass is 10.0. The van der Waals surface area contributed by atoms with Crippen LogP contribution in [0.4, 0.5) is 5.69 Å². The summed E-state index contributed by atoms with van der Waals surface area (Å²) in [6.45, 7) is 5.75. The quantitative estimate of drug-likeness (QED) is 0.415. The molecule has 8 heteroatoms. The number of hydrogen-bond donors (Lipinski definition) is 1. The van der Waals surface area contributed by atoms with Crippen LogP contribution in [-0.2, 0) is 32.6 Å². The molecule has 196 valence electrons. The first-order valence-electron chi connectivity index (χ1n) is 12.3. The summed E-state index contributed by atoms with van der Waals surface area (Å²) >= 11 is 0. The Hall–Kier alpha value is -3.65. The average Bonchev–Trinajstić information content (AvgIpc) is 2.84. The van der Waals surface area contributed by atoms with Gasteiger partial charge in [-0.05, 0) is 55.2 Å². The van der Waals surface area contributed by atoms with Gasteiger partial charge in [-0.1, -0.05) is 66.7 Å². The van der Waals surface area contributed by atoms with Crippen LogP contribution in [0.5, 0.6) is 0 Å². The Morgan fingerprint density at radius 3 is 1.92 bits per heavy atom. The topological polar surface area (TPSA) is 86.8 Å². The third kappa shape index (κ3) is 7.92. The number of amides is 2. The molecule has 0 radical (unpaired) electrons. The molecule has 37 heavy (non-hydrogen) atoms. The van der Waals surface area contributed by atoms with Crippen LogP contribution in [0, 0.1) is 13.8 Å². The van der Waals surface area contributed by atoms with Crippen LogP contribution >= 0.6 is 0 Å². The van der Waals surface area contributed by atoms with Crippen LogP contribution in [0.15, 0.2) is 78.9 Å². The fourth-order valence-electron chi connectivity index (χ4n) is 4.33. The molecule has 3 aromatic carbocycles. The molecular formula is C29H35N3O4S. The fraction of sp³-hybridized carbons (Fsp3) is 0.310.